The number of amides is 1. The van der Waals surface area contributed by atoms with Crippen molar-refractivity contribution in [2.24, 2.45) is 10.9 Å². The first-order valence-electron chi connectivity index (χ1n) is 13.2. The molecule has 8 heteroatoms. The first-order chi connectivity index (χ1) is 18.4. The van der Waals surface area contributed by atoms with Gasteiger partial charge in [0.2, 0.25) is 0 Å². The molecule has 204 valence electrons. The van der Waals surface area contributed by atoms with Gasteiger partial charge in [0.05, 0.1) is 0 Å². The van der Waals surface area contributed by atoms with Crippen molar-refractivity contribution in [2.75, 3.05) is 4.43 Å². The van der Waals surface area contributed by atoms with E-state index in [9.17, 15) is 4.79 Å². The molecule has 0 unspecified atom stereocenters. The summed E-state index contributed by atoms with van der Waals surface area (Å²) in [5.74, 6) is -0.136. The number of fused-ring (bicyclic) bond motifs is 2. The second-order valence-corrected chi connectivity index (χ2v) is 19.9. The summed E-state index contributed by atoms with van der Waals surface area (Å²) in [5.41, 5.74) is 3.32. The number of rotatable bonds is 6. The van der Waals surface area contributed by atoms with Gasteiger partial charge in [-0.2, -0.15) is 0 Å². The number of carbonyl (C=O) groups excluding carboxylic acids is 1. The van der Waals surface area contributed by atoms with Crippen LogP contribution in [-0.4, -0.2) is 55.4 Å². The number of alkyl halides is 1. The number of halogens is 2. The quantitative estimate of drug-likeness (QED) is 0.111. The zero-order valence-electron chi connectivity index (χ0n) is 23.2. The van der Waals surface area contributed by atoms with Crippen LogP contribution in [0.2, 0.25) is 23.2 Å². The second kappa shape index (κ2) is 11.1. The Morgan fingerprint density at radius 3 is 2.41 bits per heavy atom. The molecule has 1 saturated heterocycles. The van der Waals surface area contributed by atoms with Crippen LogP contribution in [0.5, 0.6) is 0 Å². The Bertz CT molecular complexity index is 1480. The molecule has 1 fully saturated rings. The fourth-order valence-electron chi connectivity index (χ4n) is 5.16. The van der Waals surface area contributed by atoms with Gasteiger partial charge in [-0.05, 0) is 0 Å². The van der Waals surface area contributed by atoms with Gasteiger partial charge in [0.25, 0.3) is 0 Å². The van der Waals surface area contributed by atoms with E-state index in [-0.39, 0.29) is 44.0 Å². The molecule has 1 amide bonds. The van der Waals surface area contributed by atoms with Crippen LogP contribution in [0, 0.1) is 5.92 Å². The summed E-state index contributed by atoms with van der Waals surface area (Å²) in [7, 11) is -2.08. The van der Waals surface area contributed by atoms with Gasteiger partial charge in [-0.25, -0.2) is 0 Å². The normalized spacial score (nSPS) is 21.8. The summed E-state index contributed by atoms with van der Waals surface area (Å²) in [4.78, 5) is 21.0. The van der Waals surface area contributed by atoms with E-state index in [1.54, 1.807) is 0 Å². The zero-order valence-corrected chi connectivity index (χ0v) is 28.8. The van der Waals surface area contributed by atoms with E-state index >= 15 is 0 Å². The van der Waals surface area contributed by atoms with Crippen LogP contribution < -0.4 is 0 Å². The molecule has 0 radical (unpaired) electrons. The molecule has 3 aromatic rings. The predicted octanol–water partition coefficient (Wildman–Crippen LogP) is 8.28. The molecule has 0 bridgehead atoms. The number of nitrogens with zero attached hydrogens (tertiary/aromatic N) is 2. The second-order valence-electron chi connectivity index (χ2n) is 11.7. The Labute approximate surface area is 257 Å². The Hall–Kier alpha value is -1.48. The van der Waals surface area contributed by atoms with E-state index in [1.807, 2.05) is 29.2 Å². The average molecular weight is 736 g/mol. The van der Waals surface area contributed by atoms with Crippen LogP contribution in [0.15, 0.2) is 76.2 Å². The van der Waals surface area contributed by atoms with Gasteiger partial charge in [0.15, 0.2) is 0 Å². The summed E-state index contributed by atoms with van der Waals surface area (Å²) >= 11 is 8.52. The molecular weight excluding hydrogens is 702 g/mol. The van der Waals surface area contributed by atoms with Crippen molar-refractivity contribution in [2.45, 2.75) is 58.0 Å². The van der Waals surface area contributed by atoms with Crippen molar-refractivity contribution in [3.05, 3.63) is 81.8 Å². The van der Waals surface area contributed by atoms with E-state index < -0.39 is 8.32 Å². The number of hydrogen-bond donors (Lipinski definition) is 0. The van der Waals surface area contributed by atoms with Gasteiger partial charge in [0.1, 0.15) is 0 Å². The third kappa shape index (κ3) is 5.43. The van der Waals surface area contributed by atoms with E-state index in [1.165, 1.54) is 26.4 Å². The molecule has 0 spiro atoms. The predicted molar refractivity (Wildman–Crippen MR) is 176 cm³/mol. The molecule has 0 N–H and O–H groups in total. The standard InChI is InChI=1S/C31H34ClIN2O2SeSi/c1-19(37-39(5,6)31(2,3)4)26-28-27(24-13-9-11-20-10-7-8-12-23(20)24)25(18-33)38-30(35(28)29(26)36)34-22-16-14-21(32)15-17-22/h7-17,19,26,28H,18H2,1-6H3/t19-,26-,28+/m1/s1. The molecular formula is C31H34ClIN2O2SeSi. The number of allylic oxidation sites excluding steroid dienone is 1. The van der Waals surface area contributed by atoms with Crippen molar-refractivity contribution in [1.29, 1.82) is 0 Å². The topological polar surface area (TPSA) is 41.9 Å². The number of β-lactam (4-membered cyclic amide) rings is 1. The van der Waals surface area contributed by atoms with E-state index in [4.69, 9.17) is 21.0 Å². The first-order valence-corrected chi connectivity index (χ1v) is 19.8. The van der Waals surface area contributed by atoms with E-state index in [2.05, 4.69) is 106 Å². The molecule has 3 aromatic carbocycles. The molecule has 2 aliphatic rings. The number of carbonyl (C=O) groups is 1. The van der Waals surface area contributed by atoms with Gasteiger partial charge in [-0.1, -0.05) is 0 Å². The summed E-state index contributed by atoms with van der Waals surface area (Å²) in [6, 6.07) is 22.5. The zero-order chi connectivity index (χ0) is 28.1. The van der Waals surface area contributed by atoms with Gasteiger partial charge in [-0.15, -0.1) is 0 Å². The van der Waals surface area contributed by atoms with Gasteiger partial charge in [-0.3, -0.25) is 0 Å². The minimum absolute atomic E-state index is 0.0618. The SMILES string of the molecule is C[C@@H](O[Si](C)(C)C(C)(C)C)[C@H]1C(=O)N2C(=Nc3ccc(Cl)cc3)[Se]C(CI)=C(c3cccc4ccccc34)[C@H]12. The van der Waals surface area contributed by atoms with Crippen LogP contribution >= 0.6 is 34.2 Å². The van der Waals surface area contributed by atoms with Crippen LogP contribution in [0.4, 0.5) is 5.69 Å². The van der Waals surface area contributed by atoms with Crippen molar-refractivity contribution >= 4 is 90.1 Å². The third-order valence-electron chi connectivity index (χ3n) is 8.20. The van der Waals surface area contributed by atoms with Gasteiger partial charge < -0.3 is 0 Å². The number of amidine groups is 1. The summed E-state index contributed by atoms with van der Waals surface area (Å²) in [6.45, 7) is 13.4. The van der Waals surface area contributed by atoms with Crippen LogP contribution in [-0.2, 0) is 9.22 Å². The maximum atomic E-state index is 14.0. The molecule has 0 aliphatic carbocycles. The third-order valence-corrected chi connectivity index (χ3v) is 17.2. The Balaban J connectivity index is 1.65. The number of benzene rings is 3. The molecule has 4 nitrogen and oxygen atoms in total. The van der Waals surface area contributed by atoms with Crippen molar-refractivity contribution in [3.63, 3.8) is 0 Å². The molecule has 0 aromatic heterocycles. The van der Waals surface area contributed by atoms with Crippen LogP contribution in [0.1, 0.15) is 33.3 Å². The van der Waals surface area contributed by atoms with Crippen molar-refractivity contribution < 1.29 is 9.22 Å². The van der Waals surface area contributed by atoms with Crippen molar-refractivity contribution in [3.8, 4) is 0 Å². The van der Waals surface area contributed by atoms with Gasteiger partial charge >= 0.3 is 259 Å². The first kappa shape index (κ1) is 29.0. The molecule has 2 aliphatic heterocycles. The van der Waals surface area contributed by atoms with Crippen molar-refractivity contribution in [1.82, 2.24) is 4.90 Å². The summed E-state index contributed by atoms with van der Waals surface area (Å²) in [5, 5.41) is 3.17. The number of aliphatic imine (C=N–C) groups is 1. The number of hydrogen-bond acceptors (Lipinski definition) is 3. The fourth-order valence-corrected chi connectivity index (χ4v) is 10.2. The van der Waals surface area contributed by atoms with E-state index in [0.29, 0.717) is 5.02 Å². The van der Waals surface area contributed by atoms with Crippen LogP contribution in [0.3, 0.4) is 0 Å². The fraction of sp³-hybridized carbons (Fsp3) is 0.355. The summed E-state index contributed by atoms with van der Waals surface area (Å²) < 4.78 is 9.98. The van der Waals surface area contributed by atoms with Crippen LogP contribution in [0.25, 0.3) is 16.3 Å². The molecule has 0 saturated carbocycles. The molecule has 39 heavy (non-hydrogen) atoms. The summed E-state index contributed by atoms with van der Waals surface area (Å²) in [6.07, 6.45) is -0.192. The Morgan fingerprint density at radius 1 is 1.08 bits per heavy atom. The Morgan fingerprint density at radius 2 is 1.74 bits per heavy atom. The minimum atomic E-state index is -2.08. The average Bonchev–Trinajstić information content (AvgIpc) is 2.88. The monoisotopic (exact) mass is 736 g/mol. The molecule has 5 rings (SSSR count). The van der Waals surface area contributed by atoms with E-state index in [0.717, 1.165) is 14.8 Å². The molecule has 2 heterocycles. The molecule has 3 atom stereocenters. The van der Waals surface area contributed by atoms with Gasteiger partial charge in [0, 0.05) is 0 Å². The Kier molecular flexibility index (Phi) is 8.24. The maximum absolute atomic E-state index is 14.0.